The fourth-order valence-electron chi connectivity index (χ4n) is 2.61. The van der Waals surface area contributed by atoms with E-state index >= 15 is 0 Å². The largest absolute Gasteiger partial charge is 0.495 e. The molecule has 0 aliphatic heterocycles. The average molecular weight is 426 g/mol. The van der Waals surface area contributed by atoms with E-state index in [0.29, 0.717) is 31.6 Å². The summed E-state index contributed by atoms with van der Waals surface area (Å²) >= 11 is 6.77. The van der Waals surface area contributed by atoms with Gasteiger partial charge in [-0.1, -0.05) is 24.3 Å². The summed E-state index contributed by atoms with van der Waals surface area (Å²) in [5, 5.41) is 0. The highest BCUT2D eigenvalue weighted by Gasteiger charge is 2.37. The summed E-state index contributed by atoms with van der Waals surface area (Å²) in [4.78, 5) is 25.7. The Kier molecular flexibility index (Phi) is 3.82. The molecule has 0 aromatic heterocycles. The van der Waals surface area contributed by atoms with Crippen molar-refractivity contribution in [3.8, 4) is 11.5 Å². The number of carbonyl (C=O) groups is 2. The number of fused-ring (bicyclic) bond motifs is 2. The number of hydrogen-bond donors (Lipinski definition) is 0. The van der Waals surface area contributed by atoms with Gasteiger partial charge in [0.1, 0.15) is 11.5 Å². The molecule has 3 rings (SSSR count). The van der Waals surface area contributed by atoms with Crippen LogP contribution in [0.3, 0.4) is 0 Å². The minimum absolute atomic E-state index is 0.220. The summed E-state index contributed by atoms with van der Waals surface area (Å²) in [7, 11) is 2.91. The fourth-order valence-corrected chi connectivity index (χ4v) is 3.69. The summed E-state index contributed by atoms with van der Waals surface area (Å²) in [5.74, 6) is 0.119. The maximum Gasteiger partial charge on any atom is 0.198 e. The van der Waals surface area contributed by atoms with Gasteiger partial charge in [0.25, 0.3) is 0 Å². The number of methoxy groups -OCH3 is 2. The lowest BCUT2D eigenvalue weighted by atomic mass is 9.83. The number of carbonyl (C=O) groups excluding carboxylic acids is 2. The van der Waals surface area contributed by atoms with Crippen LogP contribution in [-0.4, -0.2) is 25.8 Å². The van der Waals surface area contributed by atoms with Crippen molar-refractivity contribution in [3.05, 3.63) is 55.5 Å². The van der Waals surface area contributed by atoms with Gasteiger partial charge in [-0.2, -0.15) is 0 Å². The first-order valence-corrected chi connectivity index (χ1v) is 7.92. The Bertz CT molecular complexity index is 759. The third-order valence-electron chi connectivity index (χ3n) is 3.57. The van der Waals surface area contributed by atoms with E-state index in [-0.39, 0.29) is 22.7 Å². The lowest BCUT2D eigenvalue weighted by molar-refractivity contribution is 0.0973. The second-order valence-corrected chi connectivity index (χ2v) is 6.23. The molecule has 0 heterocycles. The molecule has 0 saturated heterocycles. The molecule has 0 N–H and O–H groups in total. The fraction of sp³-hybridized carbons (Fsp3) is 0.125. The molecule has 2 aromatic carbocycles. The quantitative estimate of drug-likeness (QED) is 0.622. The number of hydrogen-bond acceptors (Lipinski definition) is 4. The van der Waals surface area contributed by atoms with Gasteiger partial charge in [0.15, 0.2) is 11.6 Å². The van der Waals surface area contributed by atoms with E-state index in [1.807, 2.05) is 0 Å². The Morgan fingerprint density at radius 1 is 0.773 bits per heavy atom. The standard InChI is InChI=1S/C16H10Br2O4/c1-21-15-9-10(16(22-2)12(18)11(15)17)14(20)8-6-4-3-5-7(8)13(9)19/h3-6H,1-2H3. The molecule has 4 nitrogen and oxygen atoms in total. The lowest BCUT2D eigenvalue weighted by Gasteiger charge is -2.23. The Balaban J connectivity index is 2.46. The number of halogens is 2. The molecule has 1 aliphatic carbocycles. The number of ether oxygens (including phenoxy) is 2. The zero-order valence-corrected chi connectivity index (χ0v) is 14.9. The molecule has 0 spiro atoms. The van der Waals surface area contributed by atoms with Gasteiger partial charge < -0.3 is 9.47 Å². The van der Waals surface area contributed by atoms with Crippen LogP contribution in [0.25, 0.3) is 0 Å². The zero-order chi connectivity index (χ0) is 16.0. The number of benzene rings is 2. The third-order valence-corrected chi connectivity index (χ3v) is 5.62. The predicted molar refractivity (Wildman–Crippen MR) is 88.3 cm³/mol. The van der Waals surface area contributed by atoms with Crippen molar-refractivity contribution < 1.29 is 19.1 Å². The van der Waals surface area contributed by atoms with Crippen molar-refractivity contribution in [2.45, 2.75) is 0 Å². The molecule has 6 heteroatoms. The molecule has 1 aliphatic rings. The van der Waals surface area contributed by atoms with Crippen LogP contribution in [-0.2, 0) is 0 Å². The highest BCUT2D eigenvalue weighted by molar-refractivity contribution is 9.13. The zero-order valence-electron chi connectivity index (χ0n) is 11.7. The molecule has 0 radical (unpaired) electrons. The van der Waals surface area contributed by atoms with Crippen LogP contribution >= 0.6 is 31.9 Å². The molecular formula is C16H10Br2O4. The monoisotopic (exact) mass is 424 g/mol. The smallest absolute Gasteiger partial charge is 0.198 e. The Labute approximate surface area is 143 Å². The second kappa shape index (κ2) is 5.52. The van der Waals surface area contributed by atoms with Gasteiger partial charge in [0.2, 0.25) is 0 Å². The van der Waals surface area contributed by atoms with E-state index < -0.39 is 0 Å². The van der Waals surface area contributed by atoms with Crippen LogP contribution in [0.5, 0.6) is 11.5 Å². The molecule has 2 aromatic rings. The highest BCUT2D eigenvalue weighted by atomic mass is 79.9. The summed E-state index contributed by atoms with van der Waals surface area (Å²) < 4.78 is 11.8. The summed E-state index contributed by atoms with van der Waals surface area (Å²) in [6.07, 6.45) is 0. The van der Waals surface area contributed by atoms with Crippen LogP contribution in [0.1, 0.15) is 31.8 Å². The summed E-state index contributed by atoms with van der Waals surface area (Å²) in [6, 6.07) is 6.74. The Morgan fingerprint density at radius 3 is 1.45 bits per heavy atom. The van der Waals surface area contributed by atoms with Gasteiger partial charge in [-0.05, 0) is 31.9 Å². The molecule has 0 saturated carbocycles. The van der Waals surface area contributed by atoms with Crippen LogP contribution in [0.15, 0.2) is 33.2 Å². The molecular weight excluding hydrogens is 416 g/mol. The van der Waals surface area contributed by atoms with E-state index in [1.54, 1.807) is 24.3 Å². The first-order valence-electron chi connectivity index (χ1n) is 6.34. The van der Waals surface area contributed by atoms with E-state index in [1.165, 1.54) is 14.2 Å². The molecule has 0 bridgehead atoms. The molecule has 22 heavy (non-hydrogen) atoms. The van der Waals surface area contributed by atoms with E-state index in [0.717, 1.165) is 0 Å². The maximum atomic E-state index is 12.8. The molecule has 0 fully saturated rings. The topological polar surface area (TPSA) is 52.6 Å². The van der Waals surface area contributed by atoms with E-state index in [4.69, 9.17) is 9.47 Å². The van der Waals surface area contributed by atoms with E-state index in [2.05, 4.69) is 31.9 Å². The molecule has 0 unspecified atom stereocenters. The first kappa shape index (κ1) is 15.2. The van der Waals surface area contributed by atoms with Gasteiger partial charge >= 0.3 is 0 Å². The Hall–Kier alpha value is -1.66. The van der Waals surface area contributed by atoms with Crippen LogP contribution in [0, 0.1) is 0 Å². The molecule has 112 valence electrons. The van der Waals surface area contributed by atoms with Crippen molar-refractivity contribution in [2.24, 2.45) is 0 Å². The highest BCUT2D eigenvalue weighted by Crippen LogP contribution is 2.48. The summed E-state index contributed by atoms with van der Waals surface area (Å²) in [6.45, 7) is 0. The van der Waals surface area contributed by atoms with Crippen LogP contribution in [0.2, 0.25) is 0 Å². The molecule has 0 amide bonds. The normalized spacial score (nSPS) is 12.7. The van der Waals surface area contributed by atoms with Crippen molar-refractivity contribution >= 4 is 43.4 Å². The SMILES string of the molecule is COc1c(Br)c(Br)c(OC)c2c1C(=O)c1ccccc1C2=O. The van der Waals surface area contributed by atoms with Gasteiger partial charge in [0.05, 0.1) is 34.3 Å². The van der Waals surface area contributed by atoms with Gasteiger partial charge in [-0.15, -0.1) is 0 Å². The first-order chi connectivity index (χ1) is 10.5. The summed E-state index contributed by atoms with van der Waals surface area (Å²) in [5.41, 5.74) is 1.18. The Morgan fingerprint density at radius 2 is 1.14 bits per heavy atom. The lowest BCUT2D eigenvalue weighted by Crippen LogP contribution is -2.23. The number of rotatable bonds is 2. The number of ketones is 2. The minimum atomic E-state index is -0.256. The van der Waals surface area contributed by atoms with Crippen molar-refractivity contribution in [3.63, 3.8) is 0 Å². The van der Waals surface area contributed by atoms with Gasteiger partial charge in [0, 0.05) is 11.1 Å². The predicted octanol–water partition coefficient (Wildman–Crippen LogP) is 4.00. The van der Waals surface area contributed by atoms with Crippen molar-refractivity contribution in [1.29, 1.82) is 0 Å². The molecule has 0 atom stereocenters. The van der Waals surface area contributed by atoms with Crippen LogP contribution in [0.4, 0.5) is 0 Å². The van der Waals surface area contributed by atoms with E-state index in [9.17, 15) is 9.59 Å². The maximum absolute atomic E-state index is 12.8. The van der Waals surface area contributed by atoms with Crippen molar-refractivity contribution in [2.75, 3.05) is 14.2 Å². The van der Waals surface area contributed by atoms with Crippen molar-refractivity contribution in [1.82, 2.24) is 0 Å². The van der Waals surface area contributed by atoms with Gasteiger partial charge in [-0.3, -0.25) is 9.59 Å². The second-order valence-electron chi connectivity index (χ2n) is 4.65. The average Bonchev–Trinajstić information content (AvgIpc) is 2.54. The minimum Gasteiger partial charge on any atom is -0.495 e. The third kappa shape index (κ3) is 1.94. The van der Waals surface area contributed by atoms with Crippen LogP contribution < -0.4 is 9.47 Å². The van der Waals surface area contributed by atoms with Gasteiger partial charge in [-0.25, -0.2) is 0 Å².